The molecule has 0 bridgehead atoms. The van der Waals surface area contributed by atoms with E-state index in [1.54, 1.807) is 17.1 Å². The van der Waals surface area contributed by atoms with Gasteiger partial charge in [-0.2, -0.15) is 5.10 Å². The number of hydrogen-bond donors (Lipinski definition) is 1. The van der Waals surface area contributed by atoms with E-state index in [-0.39, 0.29) is 6.04 Å². The molecular weight excluding hydrogens is 238 g/mol. The third-order valence-corrected chi connectivity index (χ3v) is 3.13. The number of fused-ring (bicyclic) bond motifs is 1. The lowest BCUT2D eigenvalue weighted by Gasteiger charge is -2.12. The number of aryl methyl sites for hydroxylation is 1. The van der Waals surface area contributed by atoms with Crippen molar-refractivity contribution in [3.63, 3.8) is 0 Å². The first-order valence-electron chi connectivity index (χ1n) is 6.18. The Hall–Kier alpha value is -2.27. The molecule has 0 saturated heterocycles. The molecule has 1 aromatic carbocycles. The summed E-state index contributed by atoms with van der Waals surface area (Å²) in [6.07, 6.45) is 6.00. The SMILES string of the molecule is Cn1ccc(CC(N)c2cccc3nccnc23)n1. The minimum Gasteiger partial charge on any atom is -0.324 e. The standard InChI is InChI=1S/C14H15N5/c1-19-8-5-10(18-19)9-12(15)11-3-2-4-13-14(11)17-7-6-16-13/h2-8,12H,9,15H2,1H3. The molecule has 3 aromatic rings. The number of para-hydroxylation sites is 1. The molecule has 5 heteroatoms. The predicted molar refractivity (Wildman–Crippen MR) is 73.4 cm³/mol. The molecule has 3 rings (SSSR count). The maximum atomic E-state index is 6.29. The maximum Gasteiger partial charge on any atom is 0.0934 e. The van der Waals surface area contributed by atoms with Gasteiger partial charge >= 0.3 is 0 Å². The van der Waals surface area contributed by atoms with Gasteiger partial charge < -0.3 is 5.73 Å². The van der Waals surface area contributed by atoms with E-state index in [2.05, 4.69) is 15.1 Å². The average Bonchev–Trinajstić information content (AvgIpc) is 2.83. The number of rotatable bonds is 3. The number of aromatic nitrogens is 4. The van der Waals surface area contributed by atoms with E-state index in [1.165, 1.54) is 0 Å². The first-order valence-corrected chi connectivity index (χ1v) is 6.18. The summed E-state index contributed by atoms with van der Waals surface area (Å²) in [6, 6.07) is 7.76. The molecule has 0 spiro atoms. The van der Waals surface area contributed by atoms with Crippen molar-refractivity contribution in [2.45, 2.75) is 12.5 Å². The highest BCUT2D eigenvalue weighted by atomic mass is 15.2. The summed E-state index contributed by atoms with van der Waals surface area (Å²) < 4.78 is 1.78. The van der Waals surface area contributed by atoms with Gasteiger partial charge in [0.05, 0.1) is 16.7 Å². The fourth-order valence-corrected chi connectivity index (χ4v) is 2.22. The molecule has 1 atom stereocenters. The van der Waals surface area contributed by atoms with Gasteiger partial charge in [-0.1, -0.05) is 12.1 Å². The topological polar surface area (TPSA) is 69.6 Å². The van der Waals surface area contributed by atoms with E-state index in [4.69, 9.17) is 5.73 Å². The Morgan fingerprint density at radius 2 is 2.05 bits per heavy atom. The molecule has 0 saturated carbocycles. The normalized spacial score (nSPS) is 12.7. The van der Waals surface area contributed by atoms with Gasteiger partial charge in [0.1, 0.15) is 0 Å². The van der Waals surface area contributed by atoms with Crippen molar-refractivity contribution in [1.29, 1.82) is 0 Å². The highest BCUT2D eigenvalue weighted by Gasteiger charge is 2.13. The van der Waals surface area contributed by atoms with Gasteiger partial charge in [0.2, 0.25) is 0 Å². The van der Waals surface area contributed by atoms with Crippen LogP contribution in [0.4, 0.5) is 0 Å². The molecule has 0 aliphatic heterocycles. The second kappa shape index (κ2) is 4.78. The first-order chi connectivity index (χ1) is 9.24. The van der Waals surface area contributed by atoms with Crippen LogP contribution in [0.2, 0.25) is 0 Å². The first kappa shape index (κ1) is 11.8. The van der Waals surface area contributed by atoms with Crippen LogP contribution in [0.1, 0.15) is 17.3 Å². The summed E-state index contributed by atoms with van der Waals surface area (Å²) in [5, 5.41) is 4.36. The van der Waals surface area contributed by atoms with Crippen molar-refractivity contribution >= 4 is 11.0 Å². The van der Waals surface area contributed by atoms with Crippen molar-refractivity contribution in [3.8, 4) is 0 Å². The van der Waals surface area contributed by atoms with Crippen LogP contribution in [0.25, 0.3) is 11.0 Å². The molecule has 96 valence electrons. The maximum absolute atomic E-state index is 6.29. The lowest BCUT2D eigenvalue weighted by atomic mass is 10.0. The van der Waals surface area contributed by atoms with Crippen molar-refractivity contribution in [3.05, 3.63) is 54.1 Å². The molecule has 0 aliphatic rings. The Morgan fingerprint density at radius 1 is 1.21 bits per heavy atom. The van der Waals surface area contributed by atoms with Gasteiger partial charge in [-0.25, -0.2) is 0 Å². The second-order valence-electron chi connectivity index (χ2n) is 4.56. The van der Waals surface area contributed by atoms with E-state index >= 15 is 0 Å². The number of hydrogen-bond acceptors (Lipinski definition) is 4. The zero-order valence-corrected chi connectivity index (χ0v) is 10.7. The van der Waals surface area contributed by atoms with Gasteiger partial charge in [-0.15, -0.1) is 0 Å². The Bertz CT molecular complexity index is 698. The molecule has 1 unspecified atom stereocenters. The van der Waals surface area contributed by atoms with Crippen molar-refractivity contribution in [2.75, 3.05) is 0 Å². The van der Waals surface area contributed by atoms with Crippen LogP contribution < -0.4 is 5.73 Å². The van der Waals surface area contributed by atoms with Gasteiger partial charge in [0.25, 0.3) is 0 Å². The van der Waals surface area contributed by atoms with Gasteiger partial charge in [0, 0.05) is 38.1 Å². The summed E-state index contributed by atoms with van der Waals surface area (Å²) in [5.74, 6) is 0. The zero-order valence-electron chi connectivity index (χ0n) is 10.7. The third-order valence-electron chi connectivity index (χ3n) is 3.13. The van der Waals surface area contributed by atoms with E-state index in [0.29, 0.717) is 6.42 Å². The lowest BCUT2D eigenvalue weighted by molar-refractivity contribution is 0.677. The van der Waals surface area contributed by atoms with E-state index in [0.717, 1.165) is 22.3 Å². The molecule has 19 heavy (non-hydrogen) atoms. The van der Waals surface area contributed by atoms with Crippen molar-refractivity contribution in [1.82, 2.24) is 19.7 Å². The smallest absolute Gasteiger partial charge is 0.0934 e. The van der Waals surface area contributed by atoms with E-state index < -0.39 is 0 Å². The Morgan fingerprint density at radius 3 is 2.84 bits per heavy atom. The van der Waals surface area contributed by atoms with Crippen LogP contribution in [0.3, 0.4) is 0 Å². The minimum absolute atomic E-state index is 0.129. The van der Waals surface area contributed by atoms with Crippen LogP contribution in [0.15, 0.2) is 42.9 Å². The lowest BCUT2D eigenvalue weighted by Crippen LogP contribution is -2.14. The number of nitrogens with two attached hydrogens (primary N) is 1. The molecule has 0 radical (unpaired) electrons. The molecule has 2 aromatic heterocycles. The Kier molecular flexibility index (Phi) is 2.97. The summed E-state index contributed by atoms with van der Waals surface area (Å²) in [6.45, 7) is 0. The van der Waals surface area contributed by atoms with Crippen molar-refractivity contribution in [2.24, 2.45) is 12.8 Å². The molecular formula is C14H15N5. The van der Waals surface area contributed by atoms with Crippen LogP contribution in [-0.4, -0.2) is 19.7 Å². The zero-order chi connectivity index (χ0) is 13.2. The molecule has 0 aliphatic carbocycles. The summed E-state index contributed by atoms with van der Waals surface area (Å²) in [4.78, 5) is 8.68. The largest absolute Gasteiger partial charge is 0.324 e. The van der Waals surface area contributed by atoms with Crippen LogP contribution in [0, 0.1) is 0 Å². The molecule has 5 nitrogen and oxygen atoms in total. The predicted octanol–water partition coefficient (Wildman–Crippen LogP) is 1.61. The minimum atomic E-state index is -0.129. The summed E-state index contributed by atoms with van der Waals surface area (Å²) in [5.41, 5.74) is 10.0. The fourth-order valence-electron chi connectivity index (χ4n) is 2.22. The second-order valence-corrected chi connectivity index (χ2v) is 4.56. The van der Waals surface area contributed by atoms with E-state index in [1.807, 2.05) is 37.5 Å². The molecule has 2 heterocycles. The van der Waals surface area contributed by atoms with Crippen LogP contribution >= 0.6 is 0 Å². The Labute approximate surface area is 111 Å². The van der Waals surface area contributed by atoms with E-state index in [9.17, 15) is 0 Å². The quantitative estimate of drug-likeness (QED) is 0.769. The molecule has 2 N–H and O–H groups in total. The van der Waals surface area contributed by atoms with Gasteiger partial charge in [-0.05, 0) is 17.7 Å². The summed E-state index contributed by atoms with van der Waals surface area (Å²) in [7, 11) is 1.90. The van der Waals surface area contributed by atoms with Gasteiger partial charge in [0.15, 0.2) is 0 Å². The van der Waals surface area contributed by atoms with Crippen LogP contribution in [0.5, 0.6) is 0 Å². The third kappa shape index (κ3) is 2.32. The summed E-state index contributed by atoms with van der Waals surface area (Å²) >= 11 is 0. The highest BCUT2D eigenvalue weighted by Crippen LogP contribution is 2.21. The molecule has 0 fully saturated rings. The molecule has 0 amide bonds. The number of benzene rings is 1. The number of nitrogens with zero attached hydrogens (tertiary/aromatic N) is 4. The fraction of sp³-hybridized carbons (Fsp3) is 0.214. The van der Waals surface area contributed by atoms with Crippen molar-refractivity contribution < 1.29 is 0 Å². The van der Waals surface area contributed by atoms with Crippen LogP contribution in [-0.2, 0) is 13.5 Å². The average molecular weight is 253 g/mol. The monoisotopic (exact) mass is 253 g/mol. The highest BCUT2D eigenvalue weighted by molar-refractivity contribution is 5.78. The Balaban J connectivity index is 1.95. The van der Waals surface area contributed by atoms with Gasteiger partial charge in [-0.3, -0.25) is 14.6 Å².